The lowest BCUT2D eigenvalue weighted by Crippen LogP contribution is -2.23. The Morgan fingerprint density at radius 1 is 1.35 bits per heavy atom. The molecule has 0 spiro atoms. The van der Waals surface area contributed by atoms with E-state index in [1.54, 1.807) is 11.6 Å². The van der Waals surface area contributed by atoms with E-state index in [1.807, 2.05) is 24.3 Å². The lowest BCUT2D eigenvalue weighted by molar-refractivity contribution is -0.120. The van der Waals surface area contributed by atoms with Gasteiger partial charge >= 0.3 is 5.97 Å². The number of carbonyl (C=O) groups excluding carboxylic acids is 2. The van der Waals surface area contributed by atoms with Gasteiger partial charge in [-0.15, -0.1) is 0 Å². The molecular weight excluding hydrogens is 398 g/mol. The summed E-state index contributed by atoms with van der Waals surface area (Å²) in [4.78, 5) is 27.7. The Morgan fingerprint density at radius 3 is 2.58 bits per heavy atom. The molecule has 0 N–H and O–H groups in total. The van der Waals surface area contributed by atoms with Crippen molar-refractivity contribution in [2.75, 3.05) is 6.61 Å². The number of hydrogen-bond donors (Lipinski definition) is 0. The molecule has 1 fully saturated rings. The number of hydrogen-bond acceptors (Lipinski definition) is 4. The second kappa shape index (κ2) is 7.83. The van der Waals surface area contributed by atoms with Crippen LogP contribution in [0.1, 0.15) is 49.1 Å². The molecule has 0 atom stereocenters. The minimum atomic E-state index is -0.550. The summed E-state index contributed by atoms with van der Waals surface area (Å²) in [7, 11) is 0. The van der Waals surface area contributed by atoms with E-state index >= 15 is 0 Å². The highest BCUT2D eigenvalue weighted by atomic mass is 79.9. The number of aromatic nitrogens is 2. The summed E-state index contributed by atoms with van der Waals surface area (Å²) in [5.41, 5.74) is 1.60. The predicted molar refractivity (Wildman–Crippen MR) is 100 cm³/mol. The molecule has 7 heteroatoms. The van der Waals surface area contributed by atoms with Gasteiger partial charge in [0.2, 0.25) is 5.69 Å². The average Bonchev–Trinajstić information content (AvgIpc) is 3.03. The van der Waals surface area contributed by atoms with E-state index in [4.69, 9.17) is 11.3 Å². The molecule has 2 aromatic rings. The third kappa shape index (κ3) is 3.56. The highest BCUT2D eigenvalue weighted by molar-refractivity contribution is 9.10. The number of ether oxygens (including phenoxy) is 1. The summed E-state index contributed by atoms with van der Waals surface area (Å²) >= 11 is 3.39. The number of esters is 1. The molecule has 0 radical (unpaired) electrons. The SMILES string of the molecule is [C-]#[N+]c1c(-c2ccc(Br)cc2)nn(C2CCC(=O)CC2)c1C(=O)OCC. The van der Waals surface area contributed by atoms with Crippen molar-refractivity contribution in [1.82, 2.24) is 9.78 Å². The molecule has 26 heavy (non-hydrogen) atoms. The molecule has 1 aliphatic rings. The predicted octanol–water partition coefficient (Wildman–Crippen LogP) is 4.72. The number of carbonyl (C=O) groups is 2. The van der Waals surface area contributed by atoms with E-state index in [2.05, 4.69) is 25.9 Å². The van der Waals surface area contributed by atoms with Gasteiger partial charge in [0.05, 0.1) is 24.9 Å². The quantitative estimate of drug-likeness (QED) is 0.534. The zero-order chi connectivity index (χ0) is 18.7. The summed E-state index contributed by atoms with van der Waals surface area (Å²) in [5, 5.41) is 4.61. The van der Waals surface area contributed by atoms with Gasteiger partial charge in [-0.2, -0.15) is 5.10 Å². The van der Waals surface area contributed by atoms with Crippen LogP contribution in [0.4, 0.5) is 5.69 Å². The Hall–Kier alpha value is -2.46. The highest BCUT2D eigenvalue weighted by Crippen LogP contribution is 2.38. The molecule has 1 aliphatic carbocycles. The van der Waals surface area contributed by atoms with E-state index in [0.29, 0.717) is 31.4 Å². The molecule has 134 valence electrons. The van der Waals surface area contributed by atoms with E-state index in [9.17, 15) is 9.59 Å². The maximum absolute atomic E-state index is 12.6. The molecular formula is C19H18BrN3O3. The lowest BCUT2D eigenvalue weighted by Gasteiger charge is -2.23. The van der Waals surface area contributed by atoms with Crippen molar-refractivity contribution in [2.45, 2.75) is 38.6 Å². The smallest absolute Gasteiger partial charge is 0.345 e. The first kappa shape index (κ1) is 18.3. The maximum Gasteiger partial charge on any atom is 0.345 e. The summed E-state index contributed by atoms with van der Waals surface area (Å²) in [6, 6.07) is 7.35. The van der Waals surface area contributed by atoms with Crippen molar-refractivity contribution in [2.24, 2.45) is 0 Å². The molecule has 0 saturated heterocycles. The van der Waals surface area contributed by atoms with Gasteiger partial charge in [-0.3, -0.25) is 9.48 Å². The lowest BCUT2D eigenvalue weighted by atomic mass is 9.94. The van der Waals surface area contributed by atoms with Crippen molar-refractivity contribution >= 4 is 33.4 Å². The molecule has 0 bridgehead atoms. The van der Waals surface area contributed by atoms with Crippen LogP contribution in [0.2, 0.25) is 0 Å². The molecule has 0 amide bonds. The Kier molecular flexibility index (Phi) is 5.52. The molecule has 6 nitrogen and oxygen atoms in total. The molecule has 1 saturated carbocycles. The monoisotopic (exact) mass is 415 g/mol. The van der Waals surface area contributed by atoms with E-state index < -0.39 is 5.97 Å². The average molecular weight is 416 g/mol. The molecule has 1 aromatic heterocycles. The van der Waals surface area contributed by atoms with Crippen LogP contribution < -0.4 is 0 Å². The third-order valence-corrected chi connectivity index (χ3v) is 4.97. The Balaban J connectivity index is 2.12. The fourth-order valence-corrected chi connectivity index (χ4v) is 3.42. The molecule has 1 heterocycles. The maximum atomic E-state index is 12.6. The van der Waals surface area contributed by atoms with Gasteiger partial charge in [0.1, 0.15) is 5.78 Å². The summed E-state index contributed by atoms with van der Waals surface area (Å²) in [5.74, 6) is -0.323. The van der Waals surface area contributed by atoms with Gasteiger partial charge in [-0.1, -0.05) is 28.1 Å². The first-order chi connectivity index (χ1) is 12.5. The van der Waals surface area contributed by atoms with Gasteiger partial charge < -0.3 is 4.74 Å². The van der Waals surface area contributed by atoms with Crippen molar-refractivity contribution in [3.8, 4) is 11.3 Å². The number of nitrogens with zero attached hydrogens (tertiary/aromatic N) is 3. The number of Topliss-reactive ketones (excluding diaryl/α,β-unsaturated/α-hetero) is 1. The summed E-state index contributed by atoms with van der Waals surface area (Å²) in [6.07, 6.45) is 2.16. The topological polar surface area (TPSA) is 65.5 Å². The van der Waals surface area contributed by atoms with E-state index in [-0.39, 0.29) is 29.8 Å². The number of ketones is 1. The second-order valence-electron chi connectivity index (χ2n) is 6.10. The van der Waals surface area contributed by atoms with Crippen LogP contribution in [0.3, 0.4) is 0 Å². The van der Waals surface area contributed by atoms with Gasteiger partial charge in [0, 0.05) is 17.3 Å². The van der Waals surface area contributed by atoms with Gasteiger partial charge in [0.25, 0.3) is 0 Å². The molecule has 0 aliphatic heterocycles. The second-order valence-corrected chi connectivity index (χ2v) is 7.02. The first-order valence-electron chi connectivity index (χ1n) is 8.49. The van der Waals surface area contributed by atoms with Crippen LogP contribution in [0, 0.1) is 6.57 Å². The van der Waals surface area contributed by atoms with Crippen LogP contribution in [-0.2, 0) is 9.53 Å². The molecule has 3 rings (SSSR count). The summed E-state index contributed by atoms with van der Waals surface area (Å²) < 4.78 is 7.70. The largest absolute Gasteiger partial charge is 0.462 e. The highest BCUT2D eigenvalue weighted by Gasteiger charge is 2.31. The Morgan fingerprint density at radius 2 is 2.00 bits per heavy atom. The van der Waals surface area contributed by atoms with Crippen LogP contribution in [0.5, 0.6) is 0 Å². The van der Waals surface area contributed by atoms with Crippen LogP contribution in [-0.4, -0.2) is 28.1 Å². The van der Waals surface area contributed by atoms with Crippen molar-refractivity contribution in [1.29, 1.82) is 0 Å². The molecule has 0 unspecified atom stereocenters. The number of halogens is 1. The Labute approximate surface area is 160 Å². The standard InChI is InChI=1S/C19H18BrN3O3/c1-3-26-19(25)18-17(21-2)16(12-4-6-13(20)7-5-12)22-23(18)14-8-10-15(24)11-9-14/h4-7,14H,3,8-11H2,1H3. The van der Waals surface area contributed by atoms with E-state index in [0.717, 1.165) is 10.0 Å². The first-order valence-corrected chi connectivity index (χ1v) is 9.29. The fraction of sp³-hybridized carbons (Fsp3) is 0.368. The van der Waals surface area contributed by atoms with Crippen molar-refractivity contribution < 1.29 is 14.3 Å². The van der Waals surface area contributed by atoms with Crippen LogP contribution in [0.25, 0.3) is 16.1 Å². The minimum absolute atomic E-state index is 0.0863. The van der Waals surface area contributed by atoms with Gasteiger partial charge in [0.15, 0.2) is 5.69 Å². The molecule has 1 aromatic carbocycles. The number of rotatable bonds is 4. The minimum Gasteiger partial charge on any atom is -0.462 e. The van der Waals surface area contributed by atoms with Crippen molar-refractivity contribution in [3.63, 3.8) is 0 Å². The van der Waals surface area contributed by atoms with E-state index in [1.165, 1.54) is 0 Å². The summed E-state index contributed by atoms with van der Waals surface area (Å²) in [6.45, 7) is 9.55. The van der Waals surface area contributed by atoms with Crippen molar-refractivity contribution in [3.05, 3.63) is 45.8 Å². The van der Waals surface area contributed by atoms with Gasteiger partial charge in [-0.25, -0.2) is 9.64 Å². The zero-order valence-electron chi connectivity index (χ0n) is 14.4. The van der Waals surface area contributed by atoms with Crippen LogP contribution in [0.15, 0.2) is 28.7 Å². The van der Waals surface area contributed by atoms with Crippen LogP contribution >= 0.6 is 15.9 Å². The Bertz CT molecular complexity index is 871. The van der Waals surface area contributed by atoms with Gasteiger partial charge in [-0.05, 0) is 37.5 Å². The fourth-order valence-electron chi connectivity index (χ4n) is 3.16. The zero-order valence-corrected chi connectivity index (χ0v) is 16.0. The normalized spacial score (nSPS) is 14.9. The number of benzene rings is 1. The third-order valence-electron chi connectivity index (χ3n) is 4.44.